The van der Waals surface area contributed by atoms with Gasteiger partial charge in [-0.05, 0) is 48.4 Å². The number of rotatable bonds is 5. The molecular weight excluding hydrogens is 533 g/mol. The number of halogens is 10. The van der Waals surface area contributed by atoms with Gasteiger partial charge in [0.25, 0.3) is 5.60 Å². The Morgan fingerprint density at radius 2 is 1.72 bits per heavy atom. The van der Waals surface area contributed by atoms with Crippen molar-refractivity contribution >= 4 is 23.3 Å². The zero-order valence-electron chi connectivity index (χ0n) is 18.0. The highest BCUT2D eigenvalue weighted by Crippen LogP contribution is 2.50. The minimum Gasteiger partial charge on any atom is -0.462 e. The number of carbonyl (C=O) groups is 1. The third-order valence-electron chi connectivity index (χ3n) is 5.20. The Balaban J connectivity index is 2.07. The standard InChI is InChI=1S/C22H15ClF9NO3/c1-2-35-18(34)16-4-3-11(5-12(16)9-20(24,25)26)17-10-19(36-33-17,22(30,31)32)13-6-14(21(27,28)29)8-15(23)7-13/h3-8H,2,9-10H2,1H3. The SMILES string of the molecule is CCOC(=O)c1ccc(C2=NOC(c3cc(Cl)cc(C(F)(F)F)c3)(C(F)(F)F)C2)cc1CC(F)(F)F. The summed E-state index contributed by atoms with van der Waals surface area (Å²) in [6, 6.07) is 4.08. The predicted molar refractivity (Wildman–Crippen MR) is 109 cm³/mol. The molecule has 1 atom stereocenters. The van der Waals surface area contributed by atoms with Gasteiger partial charge in [0.15, 0.2) is 0 Å². The third-order valence-corrected chi connectivity index (χ3v) is 5.42. The molecule has 0 bridgehead atoms. The van der Waals surface area contributed by atoms with Crippen molar-refractivity contribution in [3.8, 4) is 0 Å². The van der Waals surface area contributed by atoms with Crippen LogP contribution in [0.15, 0.2) is 41.6 Å². The van der Waals surface area contributed by atoms with E-state index in [1.165, 1.54) is 6.92 Å². The highest BCUT2D eigenvalue weighted by atomic mass is 35.5. The van der Waals surface area contributed by atoms with Gasteiger partial charge in [-0.1, -0.05) is 22.8 Å². The fourth-order valence-electron chi connectivity index (χ4n) is 3.59. The fourth-order valence-corrected chi connectivity index (χ4v) is 3.82. The van der Waals surface area contributed by atoms with E-state index in [1.54, 1.807) is 0 Å². The first kappa shape index (κ1) is 27.6. The number of hydrogen-bond donors (Lipinski definition) is 0. The summed E-state index contributed by atoms with van der Waals surface area (Å²) in [6.45, 7) is 1.29. The Kier molecular flexibility index (Phi) is 7.28. The molecule has 0 saturated carbocycles. The maximum Gasteiger partial charge on any atom is 0.435 e. The summed E-state index contributed by atoms with van der Waals surface area (Å²) in [6.07, 6.45) is -17.9. The molecule has 1 unspecified atom stereocenters. The van der Waals surface area contributed by atoms with Crippen LogP contribution in [0.3, 0.4) is 0 Å². The van der Waals surface area contributed by atoms with Crippen molar-refractivity contribution in [1.82, 2.24) is 0 Å². The van der Waals surface area contributed by atoms with Crippen LogP contribution in [0, 0.1) is 0 Å². The lowest BCUT2D eigenvalue weighted by Gasteiger charge is -2.30. The highest BCUT2D eigenvalue weighted by molar-refractivity contribution is 6.30. The Morgan fingerprint density at radius 1 is 1.06 bits per heavy atom. The largest absolute Gasteiger partial charge is 0.462 e. The molecule has 3 rings (SSSR count). The van der Waals surface area contributed by atoms with Crippen molar-refractivity contribution in [1.29, 1.82) is 0 Å². The van der Waals surface area contributed by atoms with E-state index >= 15 is 0 Å². The van der Waals surface area contributed by atoms with E-state index in [0.29, 0.717) is 12.1 Å². The number of nitrogens with zero attached hydrogens (tertiary/aromatic N) is 1. The van der Waals surface area contributed by atoms with Gasteiger partial charge in [0.1, 0.15) is 0 Å². The Morgan fingerprint density at radius 3 is 2.28 bits per heavy atom. The topological polar surface area (TPSA) is 47.9 Å². The second kappa shape index (κ2) is 9.49. The molecule has 0 N–H and O–H groups in total. The number of benzene rings is 2. The molecule has 36 heavy (non-hydrogen) atoms. The lowest BCUT2D eigenvalue weighted by Crippen LogP contribution is -2.43. The van der Waals surface area contributed by atoms with Gasteiger partial charge in [-0.15, -0.1) is 0 Å². The molecule has 0 amide bonds. The van der Waals surface area contributed by atoms with Gasteiger partial charge >= 0.3 is 24.5 Å². The van der Waals surface area contributed by atoms with E-state index in [-0.39, 0.29) is 18.2 Å². The highest BCUT2D eigenvalue weighted by Gasteiger charge is 2.62. The van der Waals surface area contributed by atoms with Crippen LogP contribution >= 0.6 is 11.6 Å². The number of oxime groups is 1. The molecule has 0 saturated heterocycles. The van der Waals surface area contributed by atoms with Gasteiger partial charge in [0, 0.05) is 17.0 Å². The van der Waals surface area contributed by atoms with Gasteiger partial charge in [-0.3, -0.25) is 0 Å². The van der Waals surface area contributed by atoms with Gasteiger partial charge in [0.2, 0.25) is 0 Å². The summed E-state index contributed by atoms with van der Waals surface area (Å²) in [5.74, 6) is -1.07. The molecule has 0 aliphatic carbocycles. The van der Waals surface area contributed by atoms with Crippen LogP contribution in [-0.2, 0) is 27.8 Å². The van der Waals surface area contributed by atoms with E-state index in [9.17, 15) is 44.3 Å². The van der Waals surface area contributed by atoms with Crippen LogP contribution in [0.25, 0.3) is 0 Å². The number of alkyl halides is 9. The van der Waals surface area contributed by atoms with Crippen molar-refractivity contribution in [2.45, 2.75) is 43.9 Å². The minimum absolute atomic E-state index is 0.139. The summed E-state index contributed by atoms with van der Waals surface area (Å²) >= 11 is 5.64. The molecule has 0 spiro atoms. The monoisotopic (exact) mass is 547 g/mol. The molecule has 0 aromatic heterocycles. The molecule has 1 aliphatic heterocycles. The Bertz CT molecular complexity index is 1190. The van der Waals surface area contributed by atoms with Crippen LogP contribution in [0.5, 0.6) is 0 Å². The molecule has 14 heteroatoms. The lowest BCUT2D eigenvalue weighted by molar-refractivity contribution is -0.276. The maximum absolute atomic E-state index is 14.2. The molecule has 196 valence electrons. The van der Waals surface area contributed by atoms with Gasteiger partial charge in [-0.2, -0.15) is 39.5 Å². The summed E-state index contributed by atoms with van der Waals surface area (Å²) in [7, 11) is 0. The van der Waals surface area contributed by atoms with Crippen molar-refractivity contribution in [3.05, 3.63) is 69.2 Å². The lowest BCUT2D eigenvalue weighted by atomic mass is 9.85. The molecular formula is C22H15ClF9NO3. The van der Waals surface area contributed by atoms with Crippen LogP contribution in [0.4, 0.5) is 39.5 Å². The normalized spacial score (nSPS) is 18.6. The van der Waals surface area contributed by atoms with Gasteiger partial charge in [-0.25, -0.2) is 4.79 Å². The van der Waals surface area contributed by atoms with E-state index in [1.807, 2.05) is 0 Å². The van der Waals surface area contributed by atoms with E-state index in [2.05, 4.69) is 9.99 Å². The smallest absolute Gasteiger partial charge is 0.435 e. The zero-order valence-corrected chi connectivity index (χ0v) is 18.8. The average Bonchev–Trinajstić information content (AvgIpc) is 3.18. The second-order valence-corrected chi connectivity index (χ2v) is 8.18. The van der Waals surface area contributed by atoms with Crippen molar-refractivity contribution < 1.29 is 53.9 Å². The predicted octanol–water partition coefficient (Wildman–Crippen LogP) is 7.22. The van der Waals surface area contributed by atoms with E-state index in [4.69, 9.17) is 16.3 Å². The van der Waals surface area contributed by atoms with Crippen molar-refractivity contribution in [3.63, 3.8) is 0 Å². The first-order valence-corrected chi connectivity index (χ1v) is 10.4. The summed E-state index contributed by atoms with van der Waals surface area (Å²) in [4.78, 5) is 16.7. The minimum atomic E-state index is -5.30. The molecule has 1 heterocycles. The molecule has 1 aliphatic rings. The average molecular weight is 548 g/mol. The van der Waals surface area contributed by atoms with Crippen molar-refractivity contribution in [2.75, 3.05) is 6.61 Å². The summed E-state index contributed by atoms with van der Waals surface area (Å²) in [5, 5.41) is 2.70. The fraction of sp³-hybridized carbons (Fsp3) is 0.364. The van der Waals surface area contributed by atoms with Crippen molar-refractivity contribution in [2.24, 2.45) is 5.16 Å². The van der Waals surface area contributed by atoms with Crippen LogP contribution < -0.4 is 0 Å². The molecule has 2 aromatic rings. The van der Waals surface area contributed by atoms with Gasteiger partial charge < -0.3 is 9.57 Å². The summed E-state index contributed by atoms with van der Waals surface area (Å²) in [5.41, 5.74) is -7.65. The zero-order chi connectivity index (χ0) is 27.1. The van der Waals surface area contributed by atoms with Crippen LogP contribution in [0.2, 0.25) is 5.02 Å². The quantitative estimate of drug-likeness (QED) is 0.293. The third kappa shape index (κ3) is 5.71. The molecule has 2 aromatic carbocycles. The number of esters is 1. The Hall–Kier alpha value is -2.96. The van der Waals surface area contributed by atoms with Gasteiger partial charge in [0.05, 0.1) is 29.9 Å². The van der Waals surface area contributed by atoms with Crippen LogP contribution in [-0.4, -0.2) is 30.6 Å². The van der Waals surface area contributed by atoms with Crippen LogP contribution in [0.1, 0.15) is 46.0 Å². The second-order valence-electron chi connectivity index (χ2n) is 7.74. The van der Waals surface area contributed by atoms with E-state index in [0.717, 1.165) is 18.2 Å². The Labute approximate surface area is 202 Å². The maximum atomic E-state index is 14.2. The number of ether oxygens (including phenoxy) is 1. The first-order chi connectivity index (χ1) is 16.5. The first-order valence-electron chi connectivity index (χ1n) is 10.0. The molecule has 0 radical (unpaired) electrons. The molecule has 4 nitrogen and oxygen atoms in total. The van der Waals surface area contributed by atoms with E-state index < -0.39 is 75.9 Å². The number of hydrogen-bond acceptors (Lipinski definition) is 4. The summed E-state index contributed by atoms with van der Waals surface area (Å²) < 4.78 is 126. The number of carbonyl (C=O) groups excluding carboxylic acids is 1. The molecule has 0 fully saturated rings.